The molecule has 0 bridgehead atoms. The van der Waals surface area contributed by atoms with Crippen LogP contribution < -0.4 is 4.74 Å². The van der Waals surface area contributed by atoms with E-state index in [9.17, 15) is 5.11 Å². The van der Waals surface area contributed by atoms with Crippen molar-refractivity contribution in [3.63, 3.8) is 0 Å². The van der Waals surface area contributed by atoms with Crippen LogP contribution in [0.1, 0.15) is 27.4 Å². The molecule has 0 saturated carbocycles. The predicted molar refractivity (Wildman–Crippen MR) is 64.2 cm³/mol. The van der Waals surface area contributed by atoms with Gasteiger partial charge in [0.05, 0.1) is 22.7 Å². The van der Waals surface area contributed by atoms with Gasteiger partial charge in [-0.05, 0) is 13.8 Å². The number of hydrogen-bond acceptors (Lipinski definition) is 6. The Labute approximate surface area is 103 Å². The van der Waals surface area contributed by atoms with Crippen molar-refractivity contribution in [2.24, 2.45) is 0 Å². The van der Waals surface area contributed by atoms with Gasteiger partial charge in [0.25, 0.3) is 0 Å². The third kappa shape index (κ3) is 2.27. The minimum absolute atomic E-state index is 0.338. The Morgan fingerprint density at radius 2 is 2.00 bits per heavy atom. The van der Waals surface area contributed by atoms with E-state index in [1.165, 1.54) is 30.8 Å². The predicted octanol–water partition coefficient (Wildman–Crippen LogP) is 1.64. The van der Waals surface area contributed by atoms with Crippen LogP contribution >= 0.6 is 11.3 Å². The molecule has 1 atom stereocenters. The molecule has 0 spiro atoms. The van der Waals surface area contributed by atoms with E-state index in [4.69, 9.17) is 4.74 Å². The van der Waals surface area contributed by atoms with Crippen LogP contribution in [0.2, 0.25) is 0 Å². The molecule has 2 aromatic heterocycles. The summed E-state index contributed by atoms with van der Waals surface area (Å²) in [5.41, 5.74) is 1.23. The highest BCUT2D eigenvalue weighted by molar-refractivity contribution is 7.11. The molecule has 0 aliphatic carbocycles. The van der Waals surface area contributed by atoms with Crippen LogP contribution in [-0.2, 0) is 0 Å². The maximum absolute atomic E-state index is 10.3. The average Bonchev–Trinajstić information content (AvgIpc) is 2.67. The first-order valence-corrected chi connectivity index (χ1v) is 5.92. The Balaban J connectivity index is 2.43. The molecule has 0 saturated heterocycles. The largest absolute Gasteiger partial charge is 0.480 e. The average molecular weight is 251 g/mol. The summed E-state index contributed by atoms with van der Waals surface area (Å²) < 4.78 is 5.09. The zero-order chi connectivity index (χ0) is 12.4. The standard InChI is InChI=1S/C11H13N3O2S/c1-6-10(17-7(2)14-6)9(15)8-11(16-3)13-5-4-12-8/h4-5,9,15H,1-3H3. The molecule has 5 nitrogen and oxygen atoms in total. The summed E-state index contributed by atoms with van der Waals surface area (Å²) in [5.74, 6) is 0.338. The molecule has 0 fully saturated rings. The summed E-state index contributed by atoms with van der Waals surface area (Å²) in [5, 5.41) is 11.2. The molecule has 90 valence electrons. The Kier molecular flexibility index (Phi) is 3.35. The summed E-state index contributed by atoms with van der Waals surface area (Å²) in [6, 6.07) is 0. The number of thiazole rings is 1. The smallest absolute Gasteiger partial charge is 0.238 e. The van der Waals surface area contributed by atoms with Crippen molar-refractivity contribution in [3.8, 4) is 5.88 Å². The monoisotopic (exact) mass is 251 g/mol. The highest BCUT2D eigenvalue weighted by Crippen LogP contribution is 2.31. The molecule has 1 unspecified atom stereocenters. The first kappa shape index (κ1) is 11.9. The molecular weight excluding hydrogens is 238 g/mol. The van der Waals surface area contributed by atoms with E-state index in [-0.39, 0.29) is 0 Å². The van der Waals surface area contributed by atoms with Crippen LogP contribution in [0.3, 0.4) is 0 Å². The number of hydrogen-bond donors (Lipinski definition) is 1. The Morgan fingerprint density at radius 3 is 2.59 bits per heavy atom. The third-order valence-corrected chi connectivity index (χ3v) is 3.46. The first-order valence-electron chi connectivity index (χ1n) is 5.10. The van der Waals surface area contributed by atoms with Crippen molar-refractivity contribution in [3.05, 3.63) is 33.7 Å². The number of methoxy groups -OCH3 is 1. The van der Waals surface area contributed by atoms with Gasteiger partial charge in [0.2, 0.25) is 5.88 Å². The summed E-state index contributed by atoms with van der Waals surface area (Å²) in [6.45, 7) is 3.77. The summed E-state index contributed by atoms with van der Waals surface area (Å²) >= 11 is 1.45. The summed E-state index contributed by atoms with van der Waals surface area (Å²) in [7, 11) is 1.50. The molecule has 0 radical (unpaired) electrons. The van der Waals surface area contributed by atoms with Crippen LogP contribution in [0.15, 0.2) is 12.4 Å². The second-order valence-electron chi connectivity index (χ2n) is 3.54. The highest BCUT2D eigenvalue weighted by Gasteiger charge is 2.22. The number of aromatic nitrogens is 3. The Morgan fingerprint density at radius 1 is 1.29 bits per heavy atom. The van der Waals surface area contributed by atoms with Crippen molar-refractivity contribution in [1.82, 2.24) is 15.0 Å². The van der Waals surface area contributed by atoms with E-state index in [1.54, 1.807) is 0 Å². The second kappa shape index (κ2) is 4.77. The van der Waals surface area contributed by atoms with Crippen LogP contribution in [0.25, 0.3) is 0 Å². The fourth-order valence-corrected chi connectivity index (χ4v) is 2.52. The molecule has 17 heavy (non-hydrogen) atoms. The highest BCUT2D eigenvalue weighted by atomic mass is 32.1. The summed E-state index contributed by atoms with van der Waals surface area (Å²) in [4.78, 5) is 13.2. The SMILES string of the molecule is COc1nccnc1C(O)c1sc(C)nc1C. The van der Waals surface area contributed by atoms with E-state index in [1.807, 2.05) is 13.8 Å². The number of rotatable bonds is 3. The van der Waals surface area contributed by atoms with E-state index in [2.05, 4.69) is 15.0 Å². The molecule has 0 amide bonds. The van der Waals surface area contributed by atoms with Crippen molar-refractivity contribution >= 4 is 11.3 Å². The van der Waals surface area contributed by atoms with Gasteiger partial charge in [0, 0.05) is 12.4 Å². The Bertz CT molecular complexity index is 527. The molecule has 2 heterocycles. The fourth-order valence-electron chi connectivity index (χ4n) is 1.61. The minimum atomic E-state index is -0.843. The van der Waals surface area contributed by atoms with Crippen LogP contribution in [0.5, 0.6) is 5.88 Å². The van der Waals surface area contributed by atoms with Gasteiger partial charge < -0.3 is 9.84 Å². The molecule has 6 heteroatoms. The number of aliphatic hydroxyl groups is 1. The van der Waals surface area contributed by atoms with Crippen LogP contribution in [0, 0.1) is 13.8 Å². The van der Waals surface area contributed by atoms with Gasteiger partial charge in [-0.25, -0.2) is 9.97 Å². The van der Waals surface area contributed by atoms with Crippen molar-refractivity contribution in [1.29, 1.82) is 0 Å². The molecule has 1 N–H and O–H groups in total. The van der Waals surface area contributed by atoms with Gasteiger partial charge in [-0.1, -0.05) is 0 Å². The van der Waals surface area contributed by atoms with Gasteiger partial charge in [-0.2, -0.15) is 0 Å². The zero-order valence-electron chi connectivity index (χ0n) is 9.84. The maximum atomic E-state index is 10.3. The molecule has 2 aromatic rings. The lowest BCUT2D eigenvalue weighted by atomic mass is 10.2. The van der Waals surface area contributed by atoms with Gasteiger partial charge in [0.1, 0.15) is 11.8 Å². The van der Waals surface area contributed by atoms with Gasteiger partial charge >= 0.3 is 0 Å². The van der Waals surface area contributed by atoms with Crippen LogP contribution in [0.4, 0.5) is 0 Å². The number of aryl methyl sites for hydroxylation is 2. The summed E-state index contributed by atoms with van der Waals surface area (Å²) in [6.07, 6.45) is 2.22. The normalized spacial score (nSPS) is 12.5. The molecule has 0 aliphatic heterocycles. The molecular formula is C11H13N3O2S. The lowest BCUT2D eigenvalue weighted by molar-refractivity contribution is 0.210. The fraction of sp³-hybridized carbons (Fsp3) is 0.364. The third-order valence-electron chi connectivity index (χ3n) is 2.33. The van der Waals surface area contributed by atoms with E-state index in [0.29, 0.717) is 11.6 Å². The van der Waals surface area contributed by atoms with Crippen molar-refractivity contribution in [2.45, 2.75) is 20.0 Å². The molecule has 0 aromatic carbocycles. The number of nitrogens with zero attached hydrogens (tertiary/aromatic N) is 3. The topological polar surface area (TPSA) is 68.1 Å². The van der Waals surface area contributed by atoms with Crippen LogP contribution in [-0.4, -0.2) is 27.2 Å². The van der Waals surface area contributed by atoms with Crippen molar-refractivity contribution in [2.75, 3.05) is 7.11 Å². The second-order valence-corrected chi connectivity index (χ2v) is 4.77. The van der Waals surface area contributed by atoms with E-state index in [0.717, 1.165) is 15.6 Å². The van der Waals surface area contributed by atoms with Gasteiger partial charge in [-0.3, -0.25) is 4.98 Å². The van der Waals surface area contributed by atoms with E-state index < -0.39 is 6.10 Å². The van der Waals surface area contributed by atoms with Crippen molar-refractivity contribution < 1.29 is 9.84 Å². The quantitative estimate of drug-likeness (QED) is 0.898. The molecule has 2 rings (SSSR count). The lowest BCUT2D eigenvalue weighted by Gasteiger charge is -2.11. The Hall–Kier alpha value is -1.53. The maximum Gasteiger partial charge on any atom is 0.238 e. The minimum Gasteiger partial charge on any atom is -0.480 e. The lowest BCUT2D eigenvalue weighted by Crippen LogP contribution is -2.05. The number of ether oxygens (including phenoxy) is 1. The number of aliphatic hydroxyl groups excluding tert-OH is 1. The first-order chi connectivity index (χ1) is 8.13. The molecule has 0 aliphatic rings. The van der Waals surface area contributed by atoms with Gasteiger partial charge in [0.15, 0.2) is 0 Å². The van der Waals surface area contributed by atoms with Gasteiger partial charge in [-0.15, -0.1) is 11.3 Å². The van der Waals surface area contributed by atoms with E-state index >= 15 is 0 Å². The zero-order valence-corrected chi connectivity index (χ0v) is 10.7.